The van der Waals surface area contributed by atoms with Gasteiger partial charge in [0.15, 0.2) is 5.65 Å². The maximum Gasteiger partial charge on any atom is 0.322 e. The first kappa shape index (κ1) is 24.5. The summed E-state index contributed by atoms with van der Waals surface area (Å²) >= 11 is 0. The first-order chi connectivity index (χ1) is 17.1. The van der Waals surface area contributed by atoms with Crippen LogP contribution in [0.1, 0.15) is 26.3 Å². The molecule has 1 N–H and O–H groups in total. The van der Waals surface area contributed by atoms with Crippen LogP contribution in [0, 0.1) is 24.1 Å². The van der Waals surface area contributed by atoms with Crippen molar-refractivity contribution < 1.29 is 18.3 Å². The number of morpholine rings is 1. The number of carbonyl (C=O) groups excluding carboxylic acids is 1. The van der Waals surface area contributed by atoms with Crippen molar-refractivity contribution in [2.75, 3.05) is 49.6 Å². The number of halogens is 2. The van der Waals surface area contributed by atoms with Gasteiger partial charge in [0.1, 0.15) is 12.0 Å². The smallest absolute Gasteiger partial charge is 0.322 e. The molecule has 5 rings (SSSR count). The summed E-state index contributed by atoms with van der Waals surface area (Å²) in [5.41, 5.74) is 4.07. The van der Waals surface area contributed by atoms with Crippen LogP contribution in [-0.2, 0) is 4.74 Å². The quantitative estimate of drug-likeness (QED) is 0.545. The van der Waals surface area contributed by atoms with Gasteiger partial charge in [-0.3, -0.25) is 0 Å². The van der Waals surface area contributed by atoms with Gasteiger partial charge in [-0.2, -0.15) is 0 Å². The molecule has 2 aromatic heterocycles. The van der Waals surface area contributed by atoms with Crippen LogP contribution < -0.4 is 10.2 Å². The number of anilines is 2. The first-order valence-electron chi connectivity index (χ1n) is 12.4. The number of aromatic nitrogens is 2. The van der Waals surface area contributed by atoms with Crippen molar-refractivity contribution in [1.82, 2.24) is 14.3 Å². The Kier molecular flexibility index (Phi) is 6.36. The fraction of sp³-hybridized carbons (Fsp3) is 0.481. The molecule has 4 heterocycles. The average molecular weight is 498 g/mol. The Labute approximate surface area is 210 Å². The van der Waals surface area contributed by atoms with Crippen LogP contribution in [0.25, 0.3) is 16.8 Å². The number of likely N-dealkylation sites (tertiary alicyclic amines) is 1. The maximum absolute atomic E-state index is 15.0. The van der Waals surface area contributed by atoms with Crippen LogP contribution in [-0.4, -0.2) is 65.9 Å². The van der Waals surface area contributed by atoms with E-state index in [1.807, 2.05) is 44.5 Å². The molecule has 9 heteroatoms. The third kappa shape index (κ3) is 4.64. The van der Waals surface area contributed by atoms with Crippen molar-refractivity contribution in [1.29, 1.82) is 0 Å². The van der Waals surface area contributed by atoms with Gasteiger partial charge in [-0.25, -0.2) is 18.6 Å². The molecule has 192 valence electrons. The van der Waals surface area contributed by atoms with E-state index >= 15 is 0 Å². The van der Waals surface area contributed by atoms with Gasteiger partial charge in [0.25, 0.3) is 0 Å². The number of nitrogens with one attached hydrogen (secondary N) is 1. The van der Waals surface area contributed by atoms with E-state index in [9.17, 15) is 13.6 Å². The van der Waals surface area contributed by atoms with Crippen molar-refractivity contribution in [3.63, 3.8) is 0 Å². The molecule has 0 bridgehead atoms. The highest BCUT2D eigenvalue weighted by Gasteiger charge is 2.42. The molecule has 2 aliphatic heterocycles. The number of alkyl halides is 1. The Bertz CT molecular complexity index is 1280. The number of hydrogen-bond acceptors (Lipinski definition) is 4. The van der Waals surface area contributed by atoms with E-state index in [0.29, 0.717) is 19.8 Å². The SMILES string of the molecule is Cc1cc(F)c(NC(=O)N2C[C@@H](F)[C@H](C(C)(C)C)C2)cc1-c1cc(N2CCOCC2)c2nccn2c1. The first-order valence-corrected chi connectivity index (χ1v) is 12.4. The number of amides is 2. The van der Waals surface area contributed by atoms with Gasteiger partial charge in [0, 0.05) is 49.7 Å². The van der Waals surface area contributed by atoms with Gasteiger partial charge < -0.3 is 24.3 Å². The summed E-state index contributed by atoms with van der Waals surface area (Å²) in [4.78, 5) is 21.2. The molecular weight excluding hydrogens is 464 g/mol. The van der Waals surface area contributed by atoms with E-state index in [2.05, 4.69) is 21.3 Å². The molecule has 2 aliphatic rings. The molecule has 2 atom stereocenters. The fourth-order valence-electron chi connectivity index (χ4n) is 5.22. The van der Waals surface area contributed by atoms with E-state index in [0.717, 1.165) is 41.1 Å². The van der Waals surface area contributed by atoms with Crippen molar-refractivity contribution >= 4 is 23.1 Å². The summed E-state index contributed by atoms with van der Waals surface area (Å²) in [6.45, 7) is 10.9. The van der Waals surface area contributed by atoms with Crippen LogP contribution in [0.5, 0.6) is 0 Å². The number of urea groups is 1. The lowest BCUT2D eigenvalue weighted by Gasteiger charge is -2.29. The topological polar surface area (TPSA) is 62.1 Å². The van der Waals surface area contributed by atoms with Crippen LogP contribution >= 0.6 is 0 Å². The lowest BCUT2D eigenvalue weighted by atomic mass is 9.79. The minimum atomic E-state index is -1.10. The Hall–Kier alpha value is -3.20. The highest BCUT2D eigenvalue weighted by molar-refractivity contribution is 5.91. The lowest BCUT2D eigenvalue weighted by Crippen LogP contribution is -2.36. The third-order valence-corrected chi connectivity index (χ3v) is 7.33. The fourth-order valence-corrected chi connectivity index (χ4v) is 5.22. The molecule has 2 saturated heterocycles. The van der Waals surface area contributed by atoms with Crippen LogP contribution in [0.2, 0.25) is 0 Å². The van der Waals surface area contributed by atoms with Crippen molar-refractivity contribution in [3.8, 4) is 11.1 Å². The molecule has 0 saturated carbocycles. The van der Waals surface area contributed by atoms with E-state index in [1.54, 1.807) is 12.3 Å². The van der Waals surface area contributed by atoms with Gasteiger partial charge in [-0.15, -0.1) is 0 Å². The molecule has 2 amide bonds. The Morgan fingerprint density at radius 2 is 1.92 bits per heavy atom. The van der Waals surface area contributed by atoms with Gasteiger partial charge in [-0.05, 0) is 41.7 Å². The standard InChI is InChI=1S/C27H33F2N5O2/c1-17-11-21(28)23(31-26(35)34-15-20(22(29)16-34)27(2,3)4)13-19(17)18-12-24(32-7-9-36-10-8-32)25-30-5-6-33(25)14-18/h5-6,11-14,20,22H,7-10,15-16H2,1-4H3,(H,31,35)/t20-,22-/m1/s1. The van der Waals surface area contributed by atoms with Crippen molar-refractivity contribution in [3.05, 3.63) is 48.2 Å². The highest BCUT2D eigenvalue weighted by atomic mass is 19.1. The number of fused-ring (bicyclic) bond motifs is 1. The highest BCUT2D eigenvalue weighted by Crippen LogP contribution is 2.37. The number of ether oxygens (including phenoxy) is 1. The molecule has 0 unspecified atom stereocenters. The Morgan fingerprint density at radius 1 is 1.17 bits per heavy atom. The zero-order chi connectivity index (χ0) is 25.6. The second-order valence-corrected chi connectivity index (χ2v) is 10.8. The monoisotopic (exact) mass is 497 g/mol. The molecular formula is C27H33F2N5O2. The molecule has 0 spiro atoms. The summed E-state index contributed by atoms with van der Waals surface area (Å²) in [6, 6.07) is 4.66. The summed E-state index contributed by atoms with van der Waals surface area (Å²) in [5.74, 6) is -0.785. The van der Waals surface area contributed by atoms with E-state index < -0.39 is 18.0 Å². The van der Waals surface area contributed by atoms with Crippen molar-refractivity contribution in [2.45, 2.75) is 33.9 Å². The van der Waals surface area contributed by atoms with Crippen LogP contribution in [0.4, 0.5) is 25.0 Å². The van der Waals surface area contributed by atoms with E-state index in [4.69, 9.17) is 4.74 Å². The van der Waals surface area contributed by atoms with E-state index in [1.165, 1.54) is 11.0 Å². The minimum absolute atomic E-state index is 0.00825. The minimum Gasteiger partial charge on any atom is -0.378 e. The third-order valence-electron chi connectivity index (χ3n) is 7.33. The van der Waals surface area contributed by atoms with Crippen molar-refractivity contribution in [2.24, 2.45) is 11.3 Å². The Morgan fingerprint density at radius 3 is 2.61 bits per heavy atom. The van der Waals surface area contributed by atoms with Gasteiger partial charge in [0.05, 0.1) is 31.1 Å². The second-order valence-electron chi connectivity index (χ2n) is 10.8. The van der Waals surface area contributed by atoms with Crippen LogP contribution in [0.3, 0.4) is 0 Å². The number of pyridine rings is 1. The largest absolute Gasteiger partial charge is 0.378 e. The summed E-state index contributed by atoms with van der Waals surface area (Å²) in [6.07, 6.45) is 4.50. The normalized spacial score (nSPS) is 20.8. The second kappa shape index (κ2) is 9.35. The Balaban J connectivity index is 1.45. The van der Waals surface area contributed by atoms with Crippen LogP contribution in [0.15, 0.2) is 36.8 Å². The zero-order valence-electron chi connectivity index (χ0n) is 21.2. The predicted octanol–water partition coefficient (Wildman–Crippen LogP) is 5.13. The molecule has 36 heavy (non-hydrogen) atoms. The van der Waals surface area contributed by atoms with Gasteiger partial charge in [-0.1, -0.05) is 20.8 Å². The molecule has 0 aliphatic carbocycles. The summed E-state index contributed by atoms with van der Waals surface area (Å²) in [7, 11) is 0. The average Bonchev–Trinajstić information content (AvgIpc) is 3.47. The predicted molar refractivity (Wildman–Crippen MR) is 137 cm³/mol. The number of imidazole rings is 1. The molecule has 7 nitrogen and oxygen atoms in total. The molecule has 1 aromatic carbocycles. The summed E-state index contributed by atoms with van der Waals surface area (Å²) in [5, 5.41) is 2.69. The lowest BCUT2D eigenvalue weighted by molar-refractivity contribution is 0.123. The summed E-state index contributed by atoms with van der Waals surface area (Å²) < 4.78 is 37.1. The molecule has 3 aromatic rings. The zero-order valence-corrected chi connectivity index (χ0v) is 21.2. The number of aryl methyl sites for hydroxylation is 1. The number of hydrogen-bond donors (Lipinski definition) is 1. The number of carbonyl (C=O) groups is 1. The number of benzene rings is 1. The van der Waals surface area contributed by atoms with Gasteiger partial charge >= 0.3 is 6.03 Å². The molecule has 0 radical (unpaired) electrons. The number of rotatable bonds is 3. The number of nitrogens with zero attached hydrogens (tertiary/aromatic N) is 4. The van der Waals surface area contributed by atoms with E-state index in [-0.39, 0.29) is 23.6 Å². The van der Waals surface area contributed by atoms with Gasteiger partial charge in [0.2, 0.25) is 0 Å². The molecule has 2 fully saturated rings. The maximum atomic E-state index is 15.0.